The number of benzene rings is 2. The monoisotopic (exact) mass is 370 g/mol. The van der Waals surface area contributed by atoms with E-state index in [9.17, 15) is 4.79 Å². The molecule has 4 rings (SSSR count). The highest BCUT2D eigenvalue weighted by atomic mass is 16.1. The van der Waals surface area contributed by atoms with Crippen molar-refractivity contribution in [1.82, 2.24) is 14.3 Å². The maximum atomic E-state index is 13.5. The first kappa shape index (κ1) is 17.8. The van der Waals surface area contributed by atoms with Gasteiger partial charge in [-0.05, 0) is 36.8 Å². The van der Waals surface area contributed by atoms with Gasteiger partial charge in [0.15, 0.2) is 0 Å². The van der Waals surface area contributed by atoms with Gasteiger partial charge in [-0.25, -0.2) is 9.67 Å². The van der Waals surface area contributed by atoms with E-state index in [-0.39, 0.29) is 11.6 Å². The molecule has 0 bridgehead atoms. The number of pyridine rings is 1. The van der Waals surface area contributed by atoms with Crippen LogP contribution >= 0.6 is 0 Å². The van der Waals surface area contributed by atoms with Gasteiger partial charge in [0.25, 0.3) is 5.56 Å². The molecule has 0 saturated carbocycles. The minimum absolute atomic E-state index is 0.0384. The molecule has 1 atom stereocenters. The normalized spacial score (nSPS) is 11.9. The average molecular weight is 370 g/mol. The molecule has 0 spiro atoms. The molecule has 2 aromatic carbocycles. The predicted molar refractivity (Wildman–Crippen MR) is 112 cm³/mol. The summed E-state index contributed by atoms with van der Waals surface area (Å²) < 4.78 is 3.61. The van der Waals surface area contributed by atoms with Gasteiger partial charge < -0.3 is 5.32 Å². The Morgan fingerprint density at radius 2 is 1.54 bits per heavy atom. The number of hydrogen-bond donors (Lipinski definition) is 1. The topological polar surface area (TPSA) is 51.9 Å². The standard InChI is InChI=1S/C23H22N4O/c1-17-21(23(28)27(26(17)2)19-13-7-4-8-14-19)22(18-11-5-3-6-12-18)25-20-15-9-10-16-24-20/h3-16,22H,1-2H3,(H,24,25)/t22-/m1/s1. The van der Waals surface area contributed by atoms with E-state index >= 15 is 0 Å². The third kappa shape index (κ3) is 3.22. The molecule has 0 aliphatic carbocycles. The van der Waals surface area contributed by atoms with Gasteiger partial charge in [-0.1, -0.05) is 54.6 Å². The fraction of sp³-hybridized carbons (Fsp3) is 0.130. The molecule has 0 fully saturated rings. The van der Waals surface area contributed by atoms with Gasteiger partial charge in [0, 0.05) is 18.9 Å². The average Bonchev–Trinajstić information content (AvgIpc) is 2.97. The molecule has 140 valence electrons. The number of aromatic nitrogens is 3. The van der Waals surface area contributed by atoms with E-state index in [0.29, 0.717) is 5.56 Å². The molecule has 4 aromatic rings. The van der Waals surface area contributed by atoms with Crippen molar-refractivity contribution in [2.45, 2.75) is 13.0 Å². The molecular formula is C23H22N4O. The maximum Gasteiger partial charge on any atom is 0.277 e. The molecule has 5 nitrogen and oxygen atoms in total. The molecule has 28 heavy (non-hydrogen) atoms. The van der Waals surface area contributed by atoms with Gasteiger partial charge in [0.1, 0.15) is 5.82 Å². The van der Waals surface area contributed by atoms with Crippen molar-refractivity contribution in [2.24, 2.45) is 7.05 Å². The molecule has 0 aliphatic rings. The Morgan fingerprint density at radius 1 is 0.893 bits per heavy atom. The van der Waals surface area contributed by atoms with Crippen LogP contribution in [0.4, 0.5) is 5.82 Å². The van der Waals surface area contributed by atoms with Crippen LogP contribution in [-0.2, 0) is 7.05 Å². The van der Waals surface area contributed by atoms with Crippen molar-refractivity contribution >= 4 is 5.82 Å². The third-order valence-electron chi connectivity index (χ3n) is 4.98. The van der Waals surface area contributed by atoms with Crippen molar-refractivity contribution in [1.29, 1.82) is 0 Å². The third-order valence-corrected chi connectivity index (χ3v) is 4.98. The van der Waals surface area contributed by atoms with Crippen LogP contribution < -0.4 is 10.9 Å². The van der Waals surface area contributed by atoms with Gasteiger partial charge in [-0.15, -0.1) is 0 Å². The zero-order valence-corrected chi connectivity index (χ0v) is 15.9. The molecule has 2 heterocycles. The fourth-order valence-electron chi connectivity index (χ4n) is 3.49. The smallest absolute Gasteiger partial charge is 0.277 e. The molecular weight excluding hydrogens is 348 g/mol. The van der Waals surface area contributed by atoms with Crippen LogP contribution in [0.15, 0.2) is 89.9 Å². The Bertz CT molecular complexity index is 1120. The molecule has 0 aliphatic heterocycles. The highest BCUT2D eigenvalue weighted by Crippen LogP contribution is 2.27. The second-order valence-corrected chi connectivity index (χ2v) is 6.68. The van der Waals surface area contributed by atoms with E-state index < -0.39 is 0 Å². The zero-order valence-electron chi connectivity index (χ0n) is 15.9. The summed E-state index contributed by atoms with van der Waals surface area (Å²) in [5.41, 5.74) is 3.44. The quantitative estimate of drug-likeness (QED) is 0.576. The van der Waals surface area contributed by atoms with Crippen molar-refractivity contribution in [2.75, 3.05) is 5.32 Å². The second kappa shape index (κ2) is 7.56. The first-order valence-electron chi connectivity index (χ1n) is 9.23. The lowest BCUT2D eigenvalue weighted by Crippen LogP contribution is -2.25. The first-order chi connectivity index (χ1) is 13.7. The second-order valence-electron chi connectivity index (χ2n) is 6.68. The minimum atomic E-state index is -0.306. The summed E-state index contributed by atoms with van der Waals surface area (Å²) in [6.45, 7) is 1.98. The minimum Gasteiger partial charge on any atom is -0.359 e. The highest BCUT2D eigenvalue weighted by molar-refractivity contribution is 5.46. The van der Waals surface area contributed by atoms with Gasteiger partial charge in [0.05, 0.1) is 17.3 Å². The van der Waals surface area contributed by atoms with E-state index in [1.54, 1.807) is 10.9 Å². The fourth-order valence-corrected chi connectivity index (χ4v) is 3.49. The van der Waals surface area contributed by atoms with E-state index in [4.69, 9.17) is 0 Å². The van der Waals surface area contributed by atoms with Crippen LogP contribution in [0.2, 0.25) is 0 Å². The van der Waals surface area contributed by atoms with E-state index in [2.05, 4.69) is 10.3 Å². The van der Waals surface area contributed by atoms with E-state index in [1.807, 2.05) is 97.5 Å². The summed E-state index contributed by atoms with van der Waals surface area (Å²) >= 11 is 0. The lowest BCUT2D eigenvalue weighted by Gasteiger charge is -2.19. The Kier molecular flexibility index (Phi) is 4.81. The lowest BCUT2D eigenvalue weighted by atomic mass is 9.99. The van der Waals surface area contributed by atoms with Crippen LogP contribution in [-0.4, -0.2) is 14.3 Å². The van der Waals surface area contributed by atoms with Crippen molar-refractivity contribution < 1.29 is 0 Å². The van der Waals surface area contributed by atoms with Gasteiger partial charge in [-0.2, -0.15) is 0 Å². The largest absolute Gasteiger partial charge is 0.359 e. The van der Waals surface area contributed by atoms with Gasteiger partial charge in [0.2, 0.25) is 0 Å². The Balaban J connectivity index is 1.89. The summed E-state index contributed by atoms with van der Waals surface area (Å²) in [5, 5.41) is 3.45. The molecule has 0 radical (unpaired) electrons. The summed E-state index contributed by atoms with van der Waals surface area (Å²) in [5.74, 6) is 0.727. The summed E-state index contributed by atoms with van der Waals surface area (Å²) in [6.07, 6.45) is 1.74. The number of rotatable bonds is 5. The molecule has 2 aromatic heterocycles. The van der Waals surface area contributed by atoms with E-state index in [1.165, 1.54) is 0 Å². The van der Waals surface area contributed by atoms with Crippen LogP contribution in [0, 0.1) is 6.92 Å². The first-order valence-corrected chi connectivity index (χ1v) is 9.23. The lowest BCUT2D eigenvalue weighted by molar-refractivity contribution is 0.630. The van der Waals surface area contributed by atoms with Crippen molar-refractivity contribution in [3.63, 3.8) is 0 Å². The molecule has 0 amide bonds. The SMILES string of the molecule is Cc1c([C@H](Nc2ccccn2)c2ccccc2)c(=O)n(-c2ccccc2)n1C. The number of nitrogens with one attached hydrogen (secondary N) is 1. The Labute approximate surface area is 163 Å². The molecule has 0 unspecified atom stereocenters. The van der Waals surface area contributed by atoms with Crippen molar-refractivity contribution in [3.05, 3.63) is 112 Å². The summed E-state index contributed by atoms with van der Waals surface area (Å²) in [4.78, 5) is 17.9. The Morgan fingerprint density at radius 3 is 2.18 bits per heavy atom. The van der Waals surface area contributed by atoms with Crippen LogP contribution in [0.3, 0.4) is 0 Å². The number of nitrogens with zero attached hydrogens (tertiary/aromatic N) is 3. The Hall–Kier alpha value is -3.60. The predicted octanol–water partition coefficient (Wildman–Crippen LogP) is 4.08. The molecule has 0 saturated heterocycles. The number of anilines is 1. The zero-order chi connectivity index (χ0) is 19.5. The molecule has 5 heteroatoms. The highest BCUT2D eigenvalue weighted by Gasteiger charge is 2.25. The summed E-state index contributed by atoms with van der Waals surface area (Å²) in [7, 11) is 1.91. The van der Waals surface area contributed by atoms with Crippen molar-refractivity contribution in [3.8, 4) is 5.69 Å². The number of para-hydroxylation sites is 1. The maximum absolute atomic E-state index is 13.5. The van der Waals surface area contributed by atoms with E-state index in [0.717, 1.165) is 22.8 Å². The molecule has 1 N–H and O–H groups in total. The van der Waals surface area contributed by atoms with Crippen LogP contribution in [0.25, 0.3) is 5.69 Å². The number of hydrogen-bond acceptors (Lipinski definition) is 3. The summed E-state index contributed by atoms with van der Waals surface area (Å²) in [6, 6.07) is 25.1. The van der Waals surface area contributed by atoms with Crippen LogP contribution in [0.1, 0.15) is 22.9 Å². The van der Waals surface area contributed by atoms with Gasteiger partial charge in [-0.3, -0.25) is 9.48 Å². The van der Waals surface area contributed by atoms with Crippen LogP contribution in [0.5, 0.6) is 0 Å². The van der Waals surface area contributed by atoms with Gasteiger partial charge >= 0.3 is 0 Å².